The van der Waals surface area contributed by atoms with Crippen molar-refractivity contribution in [1.82, 2.24) is 4.31 Å². The van der Waals surface area contributed by atoms with Gasteiger partial charge in [0.15, 0.2) is 0 Å². The van der Waals surface area contributed by atoms with Crippen LogP contribution >= 0.6 is 23.2 Å². The zero-order valence-corrected chi connectivity index (χ0v) is 10.3. The Morgan fingerprint density at radius 1 is 1.43 bits per heavy atom. The van der Waals surface area contributed by atoms with Crippen LogP contribution in [0.1, 0.15) is 32.6 Å². The van der Waals surface area contributed by atoms with E-state index in [9.17, 15) is 8.42 Å². The molecule has 7 heteroatoms. The van der Waals surface area contributed by atoms with Crippen LogP contribution in [-0.2, 0) is 10.3 Å². The van der Waals surface area contributed by atoms with Gasteiger partial charge < -0.3 is 0 Å². The molecule has 0 saturated heterocycles. The van der Waals surface area contributed by atoms with Crippen molar-refractivity contribution >= 4 is 33.5 Å². The van der Waals surface area contributed by atoms with E-state index < -0.39 is 15.8 Å². The van der Waals surface area contributed by atoms with Crippen molar-refractivity contribution in [3.63, 3.8) is 0 Å². The molecular weight excluding hydrogens is 249 g/mol. The first-order valence-corrected chi connectivity index (χ1v) is 6.74. The first-order valence-electron chi connectivity index (χ1n) is 4.37. The molecule has 0 aliphatic heterocycles. The van der Waals surface area contributed by atoms with E-state index in [0.717, 1.165) is 19.3 Å². The van der Waals surface area contributed by atoms with Crippen molar-refractivity contribution in [1.29, 1.82) is 0 Å². The molecule has 86 valence electrons. The van der Waals surface area contributed by atoms with Crippen LogP contribution in [0.2, 0.25) is 0 Å². The molecular formula is C7H15Cl2NO3S. The van der Waals surface area contributed by atoms with Crippen molar-refractivity contribution in [2.24, 2.45) is 0 Å². The zero-order valence-electron chi connectivity index (χ0n) is 7.99. The molecule has 0 fully saturated rings. The van der Waals surface area contributed by atoms with Crippen molar-refractivity contribution in [2.45, 2.75) is 38.1 Å². The van der Waals surface area contributed by atoms with Gasteiger partial charge in [-0.1, -0.05) is 26.2 Å². The molecule has 14 heavy (non-hydrogen) atoms. The summed E-state index contributed by atoms with van der Waals surface area (Å²) in [6.07, 6.45) is 3.30. The van der Waals surface area contributed by atoms with Crippen LogP contribution in [0.25, 0.3) is 0 Å². The fourth-order valence-electron chi connectivity index (χ4n) is 0.988. The highest BCUT2D eigenvalue weighted by atomic mass is 35.5. The normalized spacial score (nSPS) is 14.6. The molecule has 1 atom stereocenters. The molecule has 0 aromatic heterocycles. The Balaban J connectivity index is 4.12. The largest absolute Gasteiger partial charge is 0.338 e. The Morgan fingerprint density at radius 2 is 2.00 bits per heavy atom. The monoisotopic (exact) mass is 263 g/mol. The molecule has 0 aromatic rings. The van der Waals surface area contributed by atoms with Crippen LogP contribution < -0.4 is 0 Å². The van der Waals surface area contributed by atoms with Gasteiger partial charge in [-0.2, -0.15) is 8.42 Å². The van der Waals surface area contributed by atoms with E-state index >= 15 is 0 Å². The summed E-state index contributed by atoms with van der Waals surface area (Å²) in [7, 11) is -4.28. The van der Waals surface area contributed by atoms with Gasteiger partial charge in [0.25, 0.3) is 0 Å². The van der Waals surface area contributed by atoms with Gasteiger partial charge in [-0.05, 0) is 6.42 Å². The number of hydrogen-bond donors (Lipinski definition) is 1. The molecule has 1 N–H and O–H groups in total. The summed E-state index contributed by atoms with van der Waals surface area (Å²) in [6, 6.07) is -0.334. The SMILES string of the molecule is CCCCCC(Cl)N(CCl)S(=O)(=O)O. The van der Waals surface area contributed by atoms with Gasteiger partial charge in [-0.3, -0.25) is 4.55 Å². The van der Waals surface area contributed by atoms with Gasteiger partial charge in [0.2, 0.25) is 0 Å². The average Bonchev–Trinajstić information content (AvgIpc) is 2.03. The number of hydrogen-bond acceptors (Lipinski definition) is 2. The summed E-state index contributed by atoms with van der Waals surface area (Å²) in [6.45, 7) is 2.03. The Kier molecular flexibility index (Phi) is 7.07. The summed E-state index contributed by atoms with van der Waals surface area (Å²) in [5, 5.41) is 0. The van der Waals surface area contributed by atoms with E-state index in [2.05, 4.69) is 0 Å². The lowest BCUT2D eigenvalue weighted by atomic mass is 10.2. The second-order valence-corrected chi connectivity index (χ2v) is 5.02. The van der Waals surface area contributed by atoms with Gasteiger partial charge in [0.05, 0.1) is 6.00 Å². The first kappa shape index (κ1) is 14.5. The fraction of sp³-hybridized carbons (Fsp3) is 1.00. The second kappa shape index (κ2) is 6.85. The molecule has 0 amide bonds. The quantitative estimate of drug-likeness (QED) is 0.332. The van der Waals surface area contributed by atoms with Crippen LogP contribution in [-0.4, -0.2) is 28.8 Å². The average molecular weight is 264 g/mol. The Labute approximate surface area is 95.1 Å². The lowest BCUT2D eigenvalue weighted by Crippen LogP contribution is -2.35. The third-order valence-electron chi connectivity index (χ3n) is 1.77. The molecule has 0 bridgehead atoms. The Bertz CT molecular complexity index is 245. The summed E-state index contributed by atoms with van der Waals surface area (Å²) < 4.78 is 30.9. The molecule has 0 radical (unpaired) electrons. The summed E-state index contributed by atoms with van der Waals surface area (Å²) in [4.78, 5) is 0. The van der Waals surface area contributed by atoms with E-state index in [-0.39, 0.29) is 6.00 Å². The fourth-order valence-corrected chi connectivity index (χ4v) is 2.64. The van der Waals surface area contributed by atoms with Crippen LogP contribution in [0.5, 0.6) is 0 Å². The molecule has 0 aliphatic carbocycles. The van der Waals surface area contributed by atoms with Crippen LogP contribution in [0.15, 0.2) is 0 Å². The minimum atomic E-state index is -4.28. The minimum absolute atomic E-state index is 0.334. The van der Waals surface area contributed by atoms with Gasteiger partial charge in [0, 0.05) is 0 Å². The van der Waals surface area contributed by atoms with E-state index in [1.807, 2.05) is 6.92 Å². The molecule has 0 rings (SSSR count). The van der Waals surface area contributed by atoms with Crippen LogP contribution in [0.3, 0.4) is 0 Å². The number of nitrogens with zero attached hydrogens (tertiary/aromatic N) is 1. The van der Waals surface area contributed by atoms with Gasteiger partial charge in [-0.25, -0.2) is 0 Å². The maximum atomic E-state index is 10.7. The van der Waals surface area contributed by atoms with Crippen molar-refractivity contribution in [3.05, 3.63) is 0 Å². The predicted molar refractivity (Wildman–Crippen MR) is 57.9 cm³/mol. The highest BCUT2D eigenvalue weighted by molar-refractivity contribution is 7.83. The molecule has 0 heterocycles. The molecule has 4 nitrogen and oxygen atoms in total. The summed E-state index contributed by atoms with van der Waals surface area (Å²) >= 11 is 11.1. The topological polar surface area (TPSA) is 57.6 Å². The van der Waals surface area contributed by atoms with Gasteiger partial charge in [-0.15, -0.1) is 27.5 Å². The zero-order chi connectivity index (χ0) is 11.2. The van der Waals surface area contributed by atoms with E-state index in [0.29, 0.717) is 10.7 Å². The third-order valence-corrected chi connectivity index (χ3v) is 3.72. The number of halogens is 2. The van der Waals surface area contributed by atoms with E-state index in [1.54, 1.807) is 0 Å². The van der Waals surface area contributed by atoms with Crippen molar-refractivity contribution < 1.29 is 13.0 Å². The van der Waals surface area contributed by atoms with E-state index in [4.69, 9.17) is 27.8 Å². The number of rotatable bonds is 7. The highest BCUT2D eigenvalue weighted by Crippen LogP contribution is 2.17. The van der Waals surface area contributed by atoms with Crippen molar-refractivity contribution in [2.75, 3.05) is 6.00 Å². The number of alkyl halides is 2. The molecule has 1 unspecified atom stereocenters. The van der Waals surface area contributed by atoms with Crippen molar-refractivity contribution in [3.8, 4) is 0 Å². The Hall–Kier alpha value is 0.450. The smallest absolute Gasteiger partial charge is 0.273 e. The third kappa shape index (κ3) is 5.36. The lowest BCUT2D eigenvalue weighted by molar-refractivity contribution is 0.350. The van der Waals surface area contributed by atoms with Crippen LogP contribution in [0.4, 0.5) is 0 Å². The molecule has 0 saturated carbocycles. The van der Waals surface area contributed by atoms with Crippen LogP contribution in [0, 0.1) is 0 Å². The maximum Gasteiger partial charge on any atom is 0.338 e. The van der Waals surface area contributed by atoms with E-state index in [1.165, 1.54) is 0 Å². The molecule has 0 spiro atoms. The standard InChI is InChI=1S/C7H15Cl2NO3S/c1-2-3-4-5-7(9)10(6-8)14(11,12)13/h7H,2-6H2,1H3,(H,11,12,13). The lowest BCUT2D eigenvalue weighted by Gasteiger charge is -2.20. The minimum Gasteiger partial charge on any atom is -0.273 e. The highest BCUT2D eigenvalue weighted by Gasteiger charge is 2.25. The first-order chi connectivity index (χ1) is 6.43. The summed E-state index contributed by atoms with van der Waals surface area (Å²) in [5.41, 5.74) is -0.769. The Morgan fingerprint density at radius 3 is 2.36 bits per heavy atom. The maximum absolute atomic E-state index is 10.7. The van der Waals surface area contributed by atoms with Gasteiger partial charge in [0.1, 0.15) is 5.50 Å². The second-order valence-electron chi connectivity index (χ2n) is 2.91. The number of unbranched alkanes of at least 4 members (excludes halogenated alkanes) is 2. The summed E-state index contributed by atoms with van der Waals surface area (Å²) in [5.74, 6) is 0. The van der Waals surface area contributed by atoms with Gasteiger partial charge >= 0.3 is 10.3 Å². The molecule has 0 aliphatic rings. The molecule has 0 aromatic carbocycles. The predicted octanol–water partition coefficient (Wildman–Crippen LogP) is 2.43.